The van der Waals surface area contributed by atoms with Gasteiger partial charge in [0.25, 0.3) is 0 Å². The molecule has 13 heavy (non-hydrogen) atoms. The summed E-state index contributed by atoms with van der Waals surface area (Å²) in [5, 5.41) is 2.13. The molecule has 1 N–H and O–H groups in total. The van der Waals surface area contributed by atoms with E-state index in [0.717, 1.165) is 0 Å². The predicted octanol–water partition coefficient (Wildman–Crippen LogP) is -1.88. The van der Waals surface area contributed by atoms with E-state index in [1.54, 1.807) is 0 Å². The lowest BCUT2D eigenvalue weighted by atomic mass is 10.3. The largest absolute Gasteiger partial charge is 0.468 e. The third-order valence-corrected chi connectivity index (χ3v) is 1.59. The normalized spacial score (nSPS) is 18.2. The van der Waals surface area contributed by atoms with Crippen LogP contribution in [-0.2, 0) is 19.1 Å². The molecular formula is C7H10N2O4. The predicted molar refractivity (Wildman–Crippen MR) is 41.6 cm³/mol. The van der Waals surface area contributed by atoms with Gasteiger partial charge in [-0.2, -0.15) is 0 Å². The summed E-state index contributed by atoms with van der Waals surface area (Å²) in [5.74, 6) is -1.23. The molecule has 2 amide bonds. The molecule has 0 spiro atoms. The van der Waals surface area contributed by atoms with Crippen molar-refractivity contribution in [2.75, 3.05) is 26.7 Å². The second kappa shape index (κ2) is 3.99. The summed E-state index contributed by atoms with van der Waals surface area (Å²) in [6.07, 6.45) is 0. The van der Waals surface area contributed by atoms with Gasteiger partial charge >= 0.3 is 5.97 Å². The molecule has 0 aromatic heterocycles. The van der Waals surface area contributed by atoms with Crippen LogP contribution in [0.5, 0.6) is 0 Å². The van der Waals surface area contributed by atoms with Gasteiger partial charge in [0.05, 0.1) is 26.7 Å². The topological polar surface area (TPSA) is 75.7 Å². The lowest BCUT2D eigenvalue weighted by molar-refractivity contribution is -0.144. The number of rotatable bonds is 2. The fourth-order valence-electron chi connectivity index (χ4n) is 1.06. The minimum atomic E-state index is -0.456. The number of imide groups is 1. The second-order valence-electron chi connectivity index (χ2n) is 2.69. The smallest absolute Gasteiger partial charge is 0.319 e. The van der Waals surface area contributed by atoms with Crippen molar-refractivity contribution in [3.8, 4) is 0 Å². The highest BCUT2D eigenvalue weighted by atomic mass is 16.5. The average molecular weight is 186 g/mol. The first-order chi connectivity index (χ1) is 6.11. The van der Waals surface area contributed by atoms with Crippen LogP contribution in [0, 0.1) is 0 Å². The highest BCUT2D eigenvalue weighted by Gasteiger charge is 2.23. The molecule has 0 aromatic carbocycles. The zero-order chi connectivity index (χ0) is 9.84. The van der Waals surface area contributed by atoms with Gasteiger partial charge in [-0.1, -0.05) is 0 Å². The second-order valence-corrected chi connectivity index (χ2v) is 2.69. The molecule has 6 nitrogen and oxygen atoms in total. The van der Waals surface area contributed by atoms with Gasteiger partial charge in [0.15, 0.2) is 0 Å². The maximum Gasteiger partial charge on any atom is 0.319 e. The molecule has 1 aliphatic heterocycles. The van der Waals surface area contributed by atoms with Crippen molar-refractivity contribution >= 4 is 17.8 Å². The van der Waals surface area contributed by atoms with Crippen molar-refractivity contribution in [3.63, 3.8) is 0 Å². The molecule has 0 atom stereocenters. The van der Waals surface area contributed by atoms with E-state index in [2.05, 4.69) is 10.1 Å². The van der Waals surface area contributed by atoms with Crippen LogP contribution in [0.25, 0.3) is 0 Å². The number of methoxy groups -OCH3 is 1. The van der Waals surface area contributed by atoms with E-state index < -0.39 is 5.97 Å². The van der Waals surface area contributed by atoms with E-state index in [1.165, 1.54) is 12.0 Å². The van der Waals surface area contributed by atoms with E-state index in [0.29, 0.717) is 0 Å². The first-order valence-electron chi connectivity index (χ1n) is 3.73. The Morgan fingerprint density at radius 3 is 2.46 bits per heavy atom. The van der Waals surface area contributed by atoms with E-state index in [9.17, 15) is 14.4 Å². The summed E-state index contributed by atoms with van der Waals surface area (Å²) >= 11 is 0. The molecule has 0 radical (unpaired) electrons. The molecule has 0 aliphatic carbocycles. The van der Waals surface area contributed by atoms with Crippen LogP contribution in [0.4, 0.5) is 0 Å². The van der Waals surface area contributed by atoms with Gasteiger partial charge in [-0.05, 0) is 0 Å². The molecule has 6 heteroatoms. The first kappa shape index (κ1) is 9.66. The molecule has 0 aromatic rings. The van der Waals surface area contributed by atoms with E-state index in [1.807, 2.05) is 0 Å². The van der Waals surface area contributed by atoms with E-state index >= 15 is 0 Å². The van der Waals surface area contributed by atoms with Crippen LogP contribution in [0.15, 0.2) is 0 Å². The summed E-state index contributed by atoms with van der Waals surface area (Å²) in [7, 11) is 1.26. The van der Waals surface area contributed by atoms with Crippen molar-refractivity contribution < 1.29 is 19.1 Å². The Hall–Kier alpha value is -1.43. The molecule has 0 bridgehead atoms. The van der Waals surface area contributed by atoms with Gasteiger partial charge in [0, 0.05) is 0 Å². The number of carbonyl (C=O) groups is 3. The van der Waals surface area contributed by atoms with E-state index in [4.69, 9.17) is 0 Å². The fraction of sp³-hybridized carbons (Fsp3) is 0.571. The van der Waals surface area contributed by atoms with Gasteiger partial charge in [0.1, 0.15) is 0 Å². The van der Waals surface area contributed by atoms with Crippen LogP contribution in [0.2, 0.25) is 0 Å². The van der Waals surface area contributed by atoms with Crippen molar-refractivity contribution in [2.45, 2.75) is 0 Å². The molecule has 0 unspecified atom stereocenters. The Labute approximate surface area is 74.8 Å². The molecular weight excluding hydrogens is 176 g/mol. The molecule has 1 aliphatic rings. The SMILES string of the molecule is COC(=O)CN1CC(=O)NC(=O)C1. The van der Waals surface area contributed by atoms with Crippen LogP contribution < -0.4 is 5.32 Å². The number of carbonyl (C=O) groups excluding carboxylic acids is 3. The number of hydrogen-bond donors (Lipinski definition) is 1. The summed E-state index contributed by atoms with van der Waals surface area (Å²) in [4.78, 5) is 33.9. The zero-order valence-electron chi connectivity index (χ0n) is 7.20. The van der Waals surface area contributed by atoms with E-state index in [-0.39, 0.29) is 31.4 Å². The molecule has 72 valence electrons. The Morgan fingerprint density at radius 1 is 1.46 bits per heavy atom. The third-order valence-electron chi connectivity index (χ3n) is 1.59. The Balaban J connectivity index is 2.46. The number of hydrogen-bond acceptors (Lipinski definition) is 5. The minimum Gasteiger partial charge on any atom is -0.468 e. The van der Waals surface area contributed by atoms with Gasteiger partial charge in [-0.3, -0.25) is 24.6 Å². The molecule has 1 saturated heterocycles. The number of amides is 2. The van der Waals surface area contributed by atoms with Gasteiger partial charge in [0.2, 0.25) is 11.8 Å². The number of nitrogens with zero attached hydrogens (tertiary/aromatic N) is 1. The highest BCUT2D eigenvalue weighted by molar-refractivity contribution is 5.99. The van der Waals surface area contributed by atoms with Crippen LogP contribution in [0.3, 0.4) is 0 Å². The van der Waals surface area contributed by atoms with Crippen LogP contribution in [-0.4, -0.2) is 49.4 Å². The molecule has 0 saturated carbocycles. The number of esters is 1. The van der Waals surface area contributed by atoms with Gasteiger partial charge in [-0.25, -0.2) is 0 Å². The number of piperazine rings is 1. The maximum atomic E-state index is 10.8. The monoisotopic (exact) mass is 186 g/mol. The van der Waals surface area contributed by atoms with Crippen molar-refractivity contribution in [1.82, 2.24) is 10.2 Å². The Kier molecular flexibility index (Phi) is 2.97. The van der Waals surface area contributed by atoms with Crippen LogP contribution >= 0.6 is 0 Å². The first-order valence-corrected chi connectivity index (χ1v) is 3.73. The zero-order valence-corrected chi connectivity index (χ0v) is 7.20. The van der Waals surface area contributed by atoms with Gasteiger partial charge in [-0.15, -0.1) is 0 Å². The van der Waals surface area contributed by atoms with Crippen molar-refractivity contribution in [1.29, 1.82) is 0 Å². The molecule has 1 fully saturated rings. The standard InChI is InChI=1S/C7H10N2O4/c1-13-7(12)4-9-2-5(10)8-6(11)3-9/h2-4H2,1H3,(H,8,10,11). The summed E-state index contributed by atoms with van der Waals surface area (Å²) in [6.45, 7) is 0.0807. The van der Waals surface area contributed by atoms with Crippen LogP contribution in [0.1, 0.15) is 0 Å². The third kappa shape index (κ3) is 2.83. The van der Waals surface area contributed by atoms with Crippen molar-refractivity contribution in [2.24, 2.45) is 0 Å². The quantitative estimate of drug-likeness (QED) is 0.403. The highest BCUT2D eigenvalue weighted by Crippen LogP contribution is 1.94. The van der Waals surface area contributed by atoms with Gasteiger partial charge < -0.3 is 4.74 Å². The number of ether oxygens (including phenoxy) is 1. The number of nitrogens with one attached hydrogen (secondary N) is 1. The lowest BCUT2D eigenvalue weighted by Gasteiger charge is -2.23. The average Bonchev–Trinajstić information content (AvgIpc) is 2.02. The molecule has 1 heterocycles. The molecule has 1 rings (SSSR count). The lowest BCUT2D eigenvalue weighted by Crippen LogP contribution is -2.52. The summed E-state index contributed by atoms with van der Waals surface area (Å²) < 4.78 is 4.40. The summed E-state index contributed by atoms with van der Waals surface area (Å²) in [5.41, 5.74) is 0. The Bertz CT molecular complexity index is 235. The maximum absolute atomic E-state index is 10.8. The van der Waals surface area contributed by atoms with Crippen molar-refractivity contribution in [3.05, 3.63) is 0 Å². The summed E-state index contributed by atoms with van der Waals surface area (Å²) in [6, 6.07) is 0. The Morgan fingerprint density at radius 2 is 2.00 bits per heavy atom. The fourth-order valence-corrected chi connectivity index (χ4v) is 1.06. The minimum absolute atomic E-state index is 0.0321.